The van der Waals surface area contributed by atoms with Gasteiger partial charge in [-0.3, -0.25) is 4.31 Å². The fourth-order valence-corrected chi connectivity index (χ4v) is 2.81. The predicted molar refractivity (Wildman–Crippen MR) is 71.9 cm³/mol. The number of benzene rings is 1. The minimum Gasteiger partial charge on any atom is -0.318 e. The first-order chi connectivity index (χ1) is 8.03. The summed E-state index contributed by atoms with van der Waals surface area (Å²) < 4.78 is 25.6. The summed E-state index contributed by atoms with van der Waals surface area (Å²) in [5.41, 5.74) is 1.74. The van der Waals surface area contributed by atoms with Crippen LogP contribution in [0.25, 0.3) is 0 Å². The second kappa shape index (κ2) is 6.02. The number of nitrogens with one attached hydrogen (secondary N) is 1. The number of anilines is 1. The van der Waals surface area contributed by atoms with Gasteiger partial charge in [-0.2, -0.15) is 0 Å². The number of likely N-dealkylation sites (N-methyl/N-ethyl adjacent to an activating group) is 1. The summed E-state index contributed by atoms with van der Waals surface area (Å²) in [4.78, 5) is 0. The molecule has 0 spiro atoms. The van der Waals surface area contributed by atoms with E-state index in [2.05, 4.69) is 5.32 Å². The number of hydrogen-bond donors (Lipinski definition) is 1. The van der Waals surface area contributed by atoms with E-state index in [0.29, 0.717) is 13.1 Å². The Labute approximate surface area is 104 Å². The number of aryl methyl sites for hydroxylation is 1. The van der Waals surface area contributed by atoms with Crippen LogP contribution in [0.4, 0.5) is 5.69 Å². The maximum absolute atomic E-state index is 12.1. The summed E-state index contributed by atoms with van der Waals surface area (Å²) in [6, 6.07) is 7.54. The van der Waals surface area contributed by atoms with Gasteiger partial charge in [-0.15, -0.1) is 0 Å². The van der Waals surface area contributed by atoms with Gasteiger partial charge < -0.3 is 5.32 Å². The van der Waals surface area contributed by atoms with Crippen LogP contribution in [0.5, 0.6) is 0 Å². The van der Waals surface area contributed by atoms with Crippen molar-refractivity contribution in [3.8, 4) is 0 Å². The molecule has 0 aliphatic rings. The lowest BCUT2D eigenvalue weighted by Crippen LogP contribution is -2.37. The first-order valence-corrected chi connectivity index (χ1v) is 7.34. The van der Waals surface area contributed by atoms with Gasteiger partial charge in [0, 0.05) is 13.1 Å². The van der Waals surface area contributed by atoms with Crippen LogP contribution in [-0.4, -0.2) is 34.3 Å². The molecule has 0 aromatic heterocycles. The predicted octanol–water partition coefficient (Wildman–Crippen LogP) is 1.37. The molecule has 96 valence electrons. The van der Waals surface area contributed by atoms with Crippen molar-refractivity contribution in [1.29, 1.82) is 0 Å². The third kappa shape index (κ3) is 3.44. The first-order valence-electron chi connectivity index (χ1n) is 5.73. The van der Waals surface area contributed by atoms with E-state index in [1.54, 1.807) is 6.92 Å². The third-order valence-corrected chi connectivity index (χ3v) is 4.43. The monoisotopic (exact) mass is 256 g/mol. The molecule has 1 aromatic rings. The molecular weight excluding hydrogens is 236 g/mol. The van der Waals surface area contributed by atoms with E-state index >= 15 is 0 Å². The molecule has 0 radical (unpaired) electrons. The Kier molecular flexibility index (Phi) is 4.96. The molecule has 1 aromatic carbocycles. The summed E-state index contributed by atoms with van der Waals surface area (Å²) in [5.74, 6) is 0.116. The van der Waals surface area contributed by atoms with Crippen molar-refractivity contribution >= 4 is 15.7 Å². The molecule has 0 bridgehead atoms. The van der Waals surface area contributed by atoms with Gasteiger partial charge in [0.05, 0.1) is 11.4 Å². The van der Waals surface area contributed by atoms with Crippen LogP contribution in [0, 0.1) is 6.92 Å². The van der Waals surface area contributed by atoms with E-state index in [-0.39, 0.29) is 5.75 Å². The highest BCUT2D eigenvalue weighted by molar-refractivity contribution is 7.92. The van der Waals surface area contributed by atoms with Crippen LogP contribution in [0.3, 0.4) is 0 Å². The molecule has 0 aliphatic carbocycles. The van der Waals surface area contributed by atoms with Crippen LogP contribution in [0.1, 0.15) is 12.5 Å². The molecule has 17 heavy (non-hydrogen) atoms. The highest BCUT2D eigenvalue weighted by Crippen LogP contribution is 2.22. The largest absolute Gasteiger partial charge is 0.318 e. The molecule has 1 rings (SSSR count). The Hall–Kier alpha value is -1.07. The van der Waals surface area contributed by atoms with Crippen LogP contribution < -0.4 is 9.62 Å². The van der Waals surface area contributed by atoms with Crippen molar-refractivity contribution in [3.63, 3.8) is 0 Å². The van der Waals surface area contributed by atoms with Crippen LogP contribution in [0.2, 0.25) is 0 Å². The van der Waals surface area contributed by atoms with Crippen LogP contribution >= 0.6 is 0 Å². The molecule has 0 fully saturated rings. The number of sulfonamides is 1. The topological polar surface area (TPSA) is 49.4 Å². The zero-order valence-electron chi connectivity index (χ0n) is 10.6. The SMILES string of the molecule is CCS(=O)(=O)N(CCNC)c1ccccc1C. The Balaban J connectivity index is 3.11. The van der Waals surface area contributed by atoms with Gasteiger partial charge in [0.25, 0.3) is 0 Å². The third-order valence-electron chi connectivity index (χ3n) is 2.65. The Morgan fingerprint density at radius 1 is 1.29 bits per heavy atom. The lowest BCUT2D eigenvalue weighted by molar-refractivity contribution is 0.590. The number of para-hydroxylation sites is 1. The van der Waals surface area contributed by atoms with Crippen molar-refractivity contribution in [2.24, 2.45) is 0 Å². The summed E-state index contributed by atoms with van der Waals surface area (Å²) in [5, 5.41) is 2.98. The van der Waals surface area contributed by atoms with Gasteiger partial charge in [-0.05, 0) is 32.5 Å². The number of nitrogens with zero attached hydrogens (tertiary/aromatic N) is 1. The Bertz CT molecular complexity index is 457. The molecule has 4 nitrogen and oxygen atoms in total. The van der Waals surface area contributed by atoms with E-state index < -0.39 is 10.0 Å². The second-order valence-electron chi connectivity index (χ2n) is 3.86. The van der Waals surface area contributed by atoms with Crippen molar-refractivity contribution in [1.82, 2.24) is 5.32 Å². The Morgan fingerprint density at radius 2 is 1.94 bits per heavy atom. The lowest BCUT2D eigenvalue weighted by Gasteiger charge is -2.25. The van der Waals surface area contributed by atoms with E-state index in [1.807, 2.05) is 38.2 Å². The highest BCUT2D eigenvalue weighted by atomic mass is 32.2. The van der Waals surface area contributed by atoms with Crippen LogP contribution in [-0.2, 0) is 10.0 Å². The summed E-state index contributed by atoms with van der Waals surface area (Å²) in [6.07, 6.45) is 0. The average molecular weight is 256 g/mol. The minimum atomic E-state index is -3.21. The maximum Gasteiger partial charge on any atom is 0.234 e. The van der Waals surface area contributed by atoms with Gasteiger partial charge in [-0.25, -0.2) is 8.42 Å². The molecule has 0 saturated carbocycles. The molecule has 5 heteroatoms. The number of rotatable bonds is 6. The van der Waals surface area contributed by atoms with Gasteiger partial charge in [0.15, 0.2) is 0 Å². The lowest BCUT2D eigenvalue weighted by atomic mass is 10.2. The smallest absolute Gasteiger partial charge is 0.234 e. The normalized spacial score (nSPS) is 11.5. The maximum atomic E-state index is 12.1. The molecule has 0 amide bonds. The fourth-order valence-electron chi connectivity index (χ4n) is 1.62. The number of hydrogen-bond acceptors (Lipinski definition) is 3. The van der Waals surface area contributed by atoms with E-state index in [1.165, 1.54) is 4.31 Å². The van der Waals surface area contributed by atoms with Crippen molar-refractivity contribution in [3.05, 3.63) is 29.8 Å². The summed E-state index contributed by atoms with van der Waals surface area (Å²) in [7, 11) is -1.40. The Morgan fingerprint density at radius 3 is 2.47 bits per heavy atom. The second-order valence-corrected chi connectivity index (χ2v) is 6.04. The molecule has 1 N–H and O–H groups in total. The van der Waals surface area contributed by atoms with Crippen molar-refractivity contribution < 1.29 is 8.42 Å². The molecule has 0 atom stereocenters. The van der Waals surface area contributed by atoms with E-state index in [9.17, 15) is 8.42 Å². The van der Waals surface area contributed by atoms with E-state index in [0.717, 1.165) is 11.3 Å². The molecule has 0 unspecified atom stereocenters. The molecule has 0 aliphatic heterocycles. The van der Waals surface area contributed by atoms with Crippen molar-refractivity contribution in [2.75, 3.05) is 30.2 Å². The molecule has 0 saturated heterocycles. The zero-order chi connectivity index (χ0) is 12.9. The average Bonchev–Trinajstić information content (AvgIpc) is 2.31. The minimum absolute atomic E-state index is 0.116. The first kappa shape index (κ1) is 14.0. The van der Waals surface area contributed by atoms with Gasteiger partial charge in [-0.1, -0.05) is 18.2 Å². The fraction of sp³-hybridized carbons (Fsp3) is 0.500. The highest BCUT2D eigenvalue weighted by Gasteiger charge is 2.20. The molecular formula is C12H20N2O2S. The molecule has 0 heterocycles. The van der Waals surface area contributed by atoms with Gasteiger partial charge >= 0.3 is 0 Å². The van der Waals surface area contributed by atoms with Gasteiger partial charge in [0.1, 0.15) is 0 Å². The van der Waals surface area contributed by atoms with Crippen molar-refractivity contribution in [2.45, 2.75) is 13.8 Å². The summed E-state index contributed by atoms with van der Waals surface area (Å²) in [6.45, 7) is 4.68. The quantitative estimate of drug-likeness (QED) is 0.836. The zero-order valence-corrected chi connectivity index (χ0v) is 11.4. The van der Waals surface area contributed by atoms with E-state index in [4.69, 9.17) is 0 Å². The van der Waals surface area contributed by atoms with Crippen LogP contribution in [0.15, 0.2) is 24.3 Å². The van der Waals surface area contributed by atoms with Gasteiger partial charge in [0.2, 0.25) is 10.0 Å². The standard InChI is InChI=1S/C12H20N2O2S/c1-4-17(15,16)14(10-9-13-3)12-8-6-5-7-11(12)2/h5-8,13H,4,9-10H2,1-3H3. The summed E-state index contributed by atoms with van der Waals surface area (Å²) >= 11 is 0.